The molecule has 1 aliphatic carbocycles. The molecule has 4 rings (SSSR count). The van der Waals surface area contributed by atoms with E-state index in [0.29, 0.717) is 37.0 Å². The molecular formula is C20H31N5O2. The fraction of sp³-hybridized carbons (Fsp3) is 0.800. The molecule has 7 heteroatoms. The molecule has 1 spiro atoms. The second-order valence-corrected chi connectivity index (χ2v) is 8.68. The fourth-order valence-electron chi connectivity index (χ4n) is 5.11. The van der Waals surface area contributed by atoms with Crippen LogP contribution < -0.4 is 0 Å². The van der Waals surface area contributed by atoms with Gasteiger partial charge in [0.25, 0.3) is 0 Å². The van der Waals surface area contributed by atoms with Gasteiger partial charge in [-0.15, -0.1) is 0 Å². The monoisotopic (exact) mass is 373 g/mol. The van der Waals surface area contributed by atoms with Gasteiger partial charge in [0.15, 0.2) is 5.82 Å². The molecule has 1 aromatic rings. The zero-order chi connectivity index (χ0) is 18.9. The van der Waals surface area contributed by atoms with E-state index in [2.05, 4.69) is 20.1 Å². The zero-order valence-corrected chi connectivity index (χ0v) is 16.4. The third-order valence-corrected chi connectivity index (χ3v) is 6.84. The first-order valence-corrected chi connectivity index (χ1v) is 10.5. The number of aryl methyl sites for hydroxylation is 2. The number of carbonyl (C=O) groups excluding carboxylic acids is 2. The molecule has 7 nitrogen and oxygen atoms in total. The van der Waals surface area contributed by atoms with E-state index in [4.69, 9.17) is 0 Å². The van der Waals surface area contributed by atoms with Gasteiger partial charge in [-0.2, -0.15) is 5.10 Å². The molecule has 0 unspecified atom stereocenters. The van der Waals surface area contributed by atoms with E-state index in [1.165, 1.54) is 25.7 Å². The molecule has 0 atom stereocenters. The molecule has 3 heterocycles. The lowest BCUT2D eigenvalue weighted by atomic mass is 9.72. The summed E-state index contributed by atoms with van der Waals surface area (Å²) in [5.74, 6) is 2.06. The van der Waals surface area contributed by atoms with Crippen molar-refractivity contribution in [3.63, 3.8) is 0 Å². The Morgan fingerprint density at radius 1 is 1.22 bits per heavy atom. The van der Waals surface area contributed by atoms with Gasteiger partial charge in [-0.25, -0.2) is 4.98 Å². The van der Waals surface area contributed by atoms with Crippen molar-refractivity contribution in [2.45, 2.75) is 77.2 Å². The van der Waals surface area contributed by atoms with Crippen molar-refractivity contribution in [2.24, 2.45) is 5.41 Å². The number of aromatic nitrogens is 3. The summed E-state index contributed by atoms with van der Waals surface area (Å²) in [7, 11) is 0. The minimum absolute atomic E-state index is 0.201. The first-order valence-electron chi connectivity index (χ1n) is 10.5. The lowest BCUT2D eigenvalue weighted by Gasteiger charge is -2.49. The SMILES string of the molecule is Cc1nc(CCC(=O)N2CCC3(CCC(=O)N(C4CCCC4)C3)CC2)n[nH]1. The van der Waals surface area contributed by atoms with E-state index < -0.39 is 0 Å². The number of hydrogen-bond acceptors (Lipinski definition) is 4. The van der Waals surface area contributed by atoms with Crippen molar-refractivity contribution in [3.8, 4) is 0 Å². The van der Waals surface area contributed by atoms with Gasteiger partial charge < -0.3 is 9.80 Å². The number of nitrogens with one attached hydrogen (secondary N) is 1. The molecule has 148 valence electrons. The standard InChI is InChI=1S/C20H31N5O2/c1-15-21-17(23-22-15)6-7-18(26)24-12-10-20(11-13-24)9-8-19(27)25(14-20)16-4-2-3-5-16/h16H,2-14H2,1H3,(H,21,22,23). The zero-order valence-electron chi connectivity index (χ0n) is 16.4. The highest BCUT2D eigenvalue weighted by atomic mass is 16.2. The van der Waals surface area contributed by atoms with Gasteiger partial charge in [-0.05, 0) is 44.4 Å². The van der Waals surface area contributed by atoms with Crippen LogP contribution in [0.3, 0.4) is 0 Å². The van der Waals surface area contributed by atoms with E-state index >= 15 is 0 Å². The maximum absolute atomic E-state index is 12.6. The molecule has 1 N–H and O–H groups in total. The number of nitrogens with zero attached hydrogens (tertiary/aromatic N) is 4. The van der Waals surface area contributed by atoms with Gasteiger partial charge in [0.2, 0.25) is 11.8 Å². The summed E-state index contributed by atoms with van der Waals surface area (Å²) in [6, 6.07) is 0.471. The average Bonchev–Trinajstić information content (AvgIpc) is 3.34. The van der Waals surface area contributed by atoms with Crippen LogP contribution in [0.4, 0.5) is 0 Å². The largest absolute Gasteiger partial charge is 0.343 e. The van der Waals surface area contributed by atoms with Crippen molar-refractivity contribution >= 4 is 11.8 Å². The fourth-order valence-corrected chi connectivity index (χ4v) is 5.11. The summed E-state index contributed by atoms with van der Waals surface area (Å²) < 4.78 is 0. The Balaban J connectivity index is 1.29. The van der Waals surface area contributed by atoms with Crippen LogP contribution in [0.1, 0.15) is 69.4 Å². The summed E-state index contributed by atoms with van der Waals surface area (Å²) in [5.41, 5.74) is 0.230. The summed E-state index contributed by atoms with van der Waals surface area (Å²) in [6.45, 7) is 4.41. The number of carbonyl (C=O) groups is 2. The van der Waals surface area contributed by atoms with E-state index in [-0.39, 0.29) is 11.3 Å². The second kappa shape index (κ2) is 7.60. The molecular weight excluding hydrogens is 342 g/mol. The lowest BCUT2D eigenvalue weighted by molar-refractivity contribution is -0.145. The van der Waals surface area contributed by atoms with Crippen molar-refractivity contribution in [1.82, 2.24) is 25.0 Å². The molecule has 1 saturated carbocycles. The number of piperidine rings is 2. The van der Waals surface area contributed by atoms with E-state index in [1.54, 1.807) is 0 Å². The highest BCUT2D eigenvalue weighted by Crippen LogP contribution is 2.42. The molecule has 2 amide bonds. The van der Waals surface area contributed by atoms with Gasteiger partial charge in [-0.1, -0.05) is 12.8 Å². The average molecular weight is 374 g/mol. The Kier molecular flexibility index (Phi) is 5.19. The summed E-state index contributed by atoms with van der Waals surface area (Å²) in [6.07, 6.45) is 9.65. The lowest BCUT2D eigenvalue weighted by Crippen LogP contribution is -2.54. The van der Waals surface area contributed by atoms with Gasteiger partial charge in [0, 0.05) is 44.9 Å². The van der Waals surface area contributed by atoms with E-state index in [1.807, 2.05) is 11.8 Å². The first-order chi connectivity index (χ1) is 13.0. The van der Waals surface area contributed by atoms with Crippen molar-refractivity contribution in [1.29, 1.82) is 0 Å². The van der Waals surface area contributed by atoms with Gasteiger partial charge in [0.05, 0.1) is 0 Å². The third kappa shape index (κ3) is 4.01. The Morgan fingerprint density at radius 3 is 2.63 bits per heavy atom. The van der Waals surface area contributed by atoms with Crippen molar-refractivity contribution < 1.29 is 9.59 Å². The van der Waals surface area contributed by atoms with Crippen molar-refractivity contribution in [3.05, 3.63) is 11.6 Å². The summed E-state index contributed by atoms with van der Waals surface area (Å²) in [5, 5.41) is 6.93. The van der Waals surface area contributed by atoms with Crippen LogP contribution in [0.15, 0.2) is 0 Å². The Hall–Kier alpha value is -1.92. The minimum atomic E-state index is 0.201. The smallest absolute Gasteiger partial charge is 0.223 e. The molecule has 0 aromatic carbocycles. The molecule has 0 bridgehead atoms. The van der Waals surface area contributed by atoms with Crippen LogP contribution >= 0.6 is 0 Å². The maximum atomic E-state index is 12.6. The summed E-state index contributed by atoms with van der Waals surface area (Å²) >= 11 is 0. The van der Waals surface area contributed by atoms with Gasteiger partial charge in [-0.3, -0.25) is 14.7 Å². The predicted molar refractivity (Wildman–Crippen MR) is 101 cm³/mol. The van der Waals surface area contributed by atoms with Crippen molar-refractivity contribution in [2.75, 3.05) is 19.6 Å². The molecule has 3 fully saturated rings. The highest BCUT2D eigenvalue weighted by molar-refractivity contribution is 5.78. The second-order valence-electron chi connectivity index (χ2n) is 8.68. The van der Waals surface area contributed by atoms with Crippen LogP contribution in [-0.4, -0.2) is 62.5 Å². The number of likely N-dealkylation sites (tertiary alicyclic amines) is 2. The first kappa shape index (κ1) is 18.4. The van der Waals surface area contributed by atoms with Crippen LogP contribution in [0.2, 0.25) is 0 Å². The minimum Gasteiger partial charge on any atom is -0.343 e. The Bertz CT molecular complexity index is 686. The summed E-state index contributed by atoms with van der Waals surface area (Å²) in [4.78, 5) is 33.5. The van der Waals surface area contributed by atoms with Crippen LogP contribution in [0, 0.1) is 12.3 Å². The molecule has 1 aromatic heterocycles. The normalized spacial score (nSPS) is 23.4. The number of hydrogen-bond donors (Lipinski definition) is 1. The van der Waals surface area contributed by atoms with E-state index in [0.717, 1.165) is 44.7 Å². The van der Waals surface area contributed by atoms with Crippen LogP contribution in [-0.2, 0) is 16.0 Å². The van der Waals surface area contributed by atoms with Gasteiger partial charge in [0.1, 0.15) is 5.82 Å². The number of rotatable bonds is 4. The number of H-pyrrole nitrogens is 1. The van der Waals surface area contributed by atoms with E-state index in [9.17, 15) is 9.59 Å². The maximum Gasteiger partial charge on any atom is 0.223 e. The highest BCUT2D eigenvalue weighted by Gasteiger charge is 2.43. The molecule has 27 heavy (non-hydrogen) atoms. The molecule has 2 saturated heterocycles. The molecule has 2 aliphatic heterocycles. The predicted octanol–water partition coefficient (Wildman–Crippen LogP) is 2.22. The topological polar surface area (TPSA) is 82.2 Å². The quantitative estimate of drug-likeness (QED) is 0.877. The number of aromatic amines is 1. The van der Waals surface area contributed by atoms with Gasteiger partial charge >= 0.3 is 0 Å². The number of amides is 2. The third-order valence-electron chi connectivity index (χ3n) is 6.84. The van der Waals surface area contributed by atoms with Crippen LogP contribution in [0.25, 0.3) is 0 Å². The Morgan fingerprint density at radius 2 is 1.96 bits per heavy atom. The molecule has 3 aliphatic rings. The Labute approximate surface area is 160 Å². The van der Waals surface area contributed by atoms with Crippen LogP contribution in [0.5, 0.6) is 0 Å². The molecule has 0 radical (unpaired) electrons.